The molecule has 1 aromatic carbocycles. The van der Waals surface area contributed by atoms with Crippen LogP contribution in [0.3, 0.4) is 0 Å². The third-order valence-corrected chi connectivity index (χ3v) is 4.72. The third kappa shape index (κ3) is 6.38. The number of amides is 2. The topological polar surface area (TPSA) is 49.4 Å². The van der Waals surface area contributed by atoms with Crippen molar-refractivity contribution in [3.63, 3.8) is 0 Å². The van der Waals surface area contributed by atoms with Gasteiger partial charge in [0.1, 0.15) is 0 Å². The molecule has 2 aliphatic rings. The molecule has 4 nitrogen and oxygen atoms in total. The van der Waals surface area contributed by atoms with Crippen LogP contribution in [0.2, 0.25) is 0 Å². The van der Waals surface area contributed by atoms with Crippen molar-refractivity contribution in [2.45, 2.75) is 66.3 Å². The first-order valence-electron chi connectivity index (χ1n) is 9.44. The van der Waals surface area contributed by atoms with E-state index in [2.05, 4.69) is 24.9 Å². The van der Waals surface area contributed by atoms with Gasteiger partial charge in [-0.2, -0.15) is 0 Å². The number of carbonyl (C=O) groups is 2. The molecular weight excluding hydrogens is 336 g/mol. The van der Waals surface area contributed by atoms with Gasteiger partial charge in [0.2, 0.25) is 11.8 Å². The molecular formula is C23H34N2O2. The molecule has 0 bridgehead atoms. The number of carbonyl (C=O) groups excluding carboxylic acids is 2. The number of benzene rings is 1. The van der Waals surface area contributed by atoms with Gasteiger partial charge in [0.15, 0.2) is 0 Å². The van der Waals surface area contributed by atoms with Crippen molar-refractivity contribution < 1.29 is 9.59 Å². The maximum absolute atomic E-state index is 11.4. The van der Waals surface area contributed by atoms with Crippen LogP contribution in [0, 0.1) is 6.92 Å². The molecule has 0 radical (unpaired) electrons. The number of rotatable bonds is 0. The van der Waals surface area contributed by atoms with Crippen LogP contribution in [-0.4, -0.2) is 24.4 Å². The molecule has 2 aliphatic heterocycles. The summed E-state index contributed by atoms with van der Waals surface area (Å²) in [5.41, 5.74) is 5.66. The Bertz CT molecular complexity index is 745. The summed E-state index contributed by atoms with van der Waals surface area (Å²) in [6, 6.07) is 6.24. The standard InChI is InChI=1S/C11H13NO.C9H15NO.C3H6/c1-8-3-5-10-9(7-8)4-6-11(13)12(10)2;1-6-5-9(3,4)10-8(11)7(6)2;1-3-2/h3,5,7H,4,6H2,1-2H3;5H2,1-4H3,(H,10,11);3H,1H2,2H3. The van der Waals surface area contributed by atoms with Crippen LogP contribution in [0.15, 0.2) is 42.0 Å². The predicted molar refractivity (Wildman–Crippen MR) is 114 cm³/mol. The Morgan fingerprint density at radius 2 is 1.74 bits per heavy atom. The molecule has 0 aliphatic carbocycles. The molecule has 0 aromatic heterocycles. The van der Waals surface area contributed by atoms with Gasteiger partial charge in [0, 0.05) is 30.3 Å². The zero-order valence-electron chi connectivity index (χ0n) is 17.9. The minimum Gasteiger partial charge on any atom is -0.347 e. The molecule has 2 heterocycles. The van der Waals surface area contributed by atoms with Gasteiger partial charge in [-0.25, -0.2) is 0 Å². The van der Waals surface area contributed by atoms with Gasteiger partial charge in [-0.05, 0) is 66.0 Å². The summed E-state index contributed by atoms with van der Waals surface area (Å²) >= 11 is 0. The normalized spacial score (nSPS) is 17.7. The Kier molecular flexibility index (Phi) is 8.01. The van der Waals surface area contributed by atoms with E-state index in [1.165, 1.54) is 16.7 Å². The van der Waals surface area contributed by atoms with Gasteiger partial charge < -0.3 is 10.2 Å². The second kappa shape index (κ2) is 9.54. The molecule has 0 fully saturated rings. The van der Waals surface area contributed by atoms with Gasteiger partial charge >= 0.3 is 0 Å². The minimum atomic E-state index is -0.0549. The van der Waals surface area contributed by atoms with E-state index in [4.69, 9.17) is 0 Å². The number of anilines is 1. The van der Waals surface area contributed by atoms with Crippen LogP contribution in [0.4, 0.5) is 5.69 Å². The highest BCUT2D eigenvalue weighted by atomic mass is 16.2. The van der Waals surface area contributed by atoms with Crippen LogP contribution < -0.4 is 10.2 Å². The summed E-state index contributed by atoms with van der Waals surface area (Å²) in [4.78, 5) is 24.4. The van der Waals surface area contributed by atoms with Gasteiger partial charge in [0.05, 0.1) is 0 Å². The Balaban J connectivity index is 0.000000239. The van der Waals surface area contributed by atoms with Crippen molar-refractivity contribution in [1.29, 1.82) is 0 Å². The fraction of sp³-hybridized carbons (Fsp3) is 0.478. The molecule has 2 amide bonds. The second-order valence-corrected chi connectivity index (χ2v) is 7.91. The van der Waals surface area contributed by atoms with Gasteiger partial charge in [-0.3, -0.25) is 9.59 Å². The lowest BCUT2D eigenvalue weighted by Crippen LogP contribution is -2.47. The summed E-state index contributed by atoms with van der Waals surface area (Å²) in [7, 11) is 1.84. The smallest absolute Gasteiger partial charge is 0.247 e. The van der Waals surface area contributed by atoms with Crippen LogP contribution in [0.1, 0.15) is 58.6 Å². The lowest BCUT2D eigenvalue weighted by atomic mass is 9.89. The number of aryl methyl sites for hydroxylation is 2. The predicted octanol–water partition coefficient (Wildman–Crippen LogP) is 4.72. The van der Waals surface area contributed by atoms with E-state index in [-0.39, 0.29) is 17.4 Å². The Hall–Kier alpha value is -2.36. The fourth-order valence-corrected chi connectivity index (χ4v) is 3.22. The number of hydrogen-bond acceptors (Lipinski definition) is 2. The van der Waals surface area contributed by atoms with E-state index in [0.717, 1.165) is 24.1 Å². The van der Waals surface area contributed by atoms with Crippen molar-refractivity contribution in [1.82, 2.24) is 5.32 Å². The lowest BCUT2D eigenvalue weighted by Gasteiger charge is -2.32. The van der Waals surface area contributed by atoms with Crippen molar-refractivity contribution >= 4 is 17.5 Å². The largest absolute Gasteiger partial charge is 0.347 e. The molecule has 0 saturated carbocycles. The van der Waals surface area contributed by atoms with E-state index in [9.17, 15) is 9.59 Å². The van der Waals surface area contributed by atoms with Crippen LogP contribution in [0.5, 0.6) is 0 Å². The number of hydrogen-bond donors (Lipinski definition) is 1. The minimum absolute atomic E-state index is 0.0549. The zero-order valence-corrected chi connectivity index (χ0v) is 17.9. The monoisotopic (exact) mass is 370 g/mol. The quantitative estimate of drug-likeness (QED) is 0.672. The summed E-state index contributed by atoms with van der Waals surface area (Å²) in [5.74, 6) is 0.301. The first-order chi connectivity index (χ1) is 12.5. The molecule has 0 saturated heterocycles. The van der Waals surface area contributed by atoms with E-state index >= 15 is 0 Å². The highest BCUT2D eigenvalue weighted by Crippen LogP contribution is 2.27. The van der Waals surface area contributed by atoms with E-state index in [0.29, 0.717) is 6.42 Å². The molecule has 148 valence electrons. The molecule has 0 atom stereocenters. The van der Waals surface area contributed by atoms with Gasteiger partial charge in [-0.1, -0.05) is 29.3 Å². The average Bonchev–Trinajstić information content (AvgIpc) is 2.57. The van der Waals surface area contributed by atoms with Crippen molar-refractivity contribution in [2.75, 3.05) is 11.9 Å². The number of allylic oxidation sites excluding steroid dienone is 1. The Morgan fingerprint density at radius 3 is 2.30 bits per heavy atom. The summed E-state index contributed by atoms with van der Waals surface area (Å²) in [6.07, 6.45) is 4.25. The molecule has 1 N–H and O–H groups in total. The van der Waals surface area contributed by atoms with Crippen LogP contribution >= 0.6 is 0 Å². The maximum atomic E-state index is 11.4. The van der Waals surface area contributed by atoms with Crippen molar-refractivity contribution in [3.8, 4) is 0 Å². The van der Waals surface area contributed by atoms with Crippen LogP contribution in [-0.2, 0) is 16.0 Å². The highest BCUT2D eigenvalue weighted by Gasteiger charge is 2.27. The van der Waals surface area contributed by atoms with Crippen molar-refractivity contribution in [2.24, 2.45) is 0 Å². The maximum Gasteiger partial charge on any atom is 0.247 e. The van der Waals surface area contributed by atoms with Gasteiger partial charge in [-0.15, -0.1) is 6.58 Å². The lowest BCUT2D eigenvalue weighted by molar-refractivity contribution is -0.120. The number of fused-ring (bicyclic) bond motifs is 1. The molecule has 3 rings (SSSR count). The Labute approximate surface area is 164 Å². The van der Waals surface area contributed by atoms with Crippen molar-refractivity contribution in [3.05, 3.63) is 53.1 Å². The zero-order chi connectivity index (χ0) is 20.8. The Morgan fingerprint density at radius 1 is 1.15 bits per heavy atom. The average molecular weight is 371 g/mol. The molecule has 0 spiro atoms. The van der Waals surface area contributed by atoms with E-state index in [1.54, 1.807) is 11.0 Å². The molecule has 27 heavy (non-hydrogen) atoms. The SMILES string of the molecule is C=CC.CC1=C(C)C(=O)NC(C)(C)C1.Cc1ccc2c(c1)CCC(=O)N2C. The van der Waals surface area contributed by atoms with E-state index < -0.39 is 0 Å². The number of nitrogens with zero attached hydrogens (tertiary/aromatic N) is 1. The first kappa shape index (κ1) is 22.7. The second-order valence-electron chi connectivity index (χ2n) is 7.91. The summed E-state index contributed by atoms with van der Waals surface area (Å²) in [6.45, 7) is 15.3. The molecule has 4 heteroatoms. The van der Waals surface area contributed by atoms with E-state index in [1.807, 2.05) is 53.8 Å². The van der Waals surface area contributed by atoms with Crippen LogP contribution in [0.25, 0.3) is 0 Å². The first-order valence-corrected chi connectivity index (χ1v) is 9.44. The summed E-state index contributed by atoms with van der Waals surface area (Å²) in [5, 5.41) is 2.94. The third-order valence-electron chi connectivity index (χ3n) is 4.72. The van der Waals surface area contributed by atoms with Gasteiger partial charge in [0.25, 0.3) is 0 Å². The fourth-order valence-electron chi connectivity index (χ4n) is 3.22. The summed E-state index contributed by atoms with van der Waals surface area (Å²) < 4.78 is 0. The highest BCUT2D eigenvalue weighted by molar-refractivity contribution is 5.96. The molecule has 0 unspecified atom stereocenters. The number of nitrogens with one attached hydrogen (secondary N) is 1. The molecule has 1 aromatic rings.